The summed E-state index contributed by atoms with van der Waals surface area (Å²) in [5.41, 5.74) is 5.01. The van der Waals surface area contributed by atoms with Crippen LogP contribution in [0.4, 0.5) is 22.7 Å². The molecule has 10 nitrogen and oxygen atoms in total. The number of nitro benzene ring substituents is 2. The maximum absolute atomic E-state index is 11.0. The molecule has 3 aliphatic heterocycles. The van der Waals surface area contributed by atoms with E-state index in [1.807, 2.05) is 56.6 Å². The van der Waals surface area contributed by atoms with Crippen molar-refractivity contribution in [2.75, 3.05) is 23.9 Å². The van der Waals surface area contributed by atoms with Crippen molar-refractivity contribution in [3.8, 4) is 11.5 Å². The van der Waals surface area contributed by atoms with E-state index in [0.717, 1.165) is 11.3 Å². The van der Waals surface area contributed by atoms with Gasteiger partial charge in [0.2, 0.25) is 5.72 Å². The molecule has 4 aromatic carbocycles. The van der Waals surface area contributed by atoms with Gasteiger partial charge in [-0.15, -0.1) is 0 Å². The van der Waals surface area contributed by atoms with Crippen LogP contribution in [0.3, 0.4) is 0 Å². The normalized spacial score (nSPS) is 20.8. The molecule has 0 amide bonds. The molecule has 3 aliphatic rings. The molecule has 7 rings (SSSR count). The van der Waals surface area contributed by atoms with Crippen molar-refractivity contribution in [1.82, 2.24) is 0 Å². The van der Waals surface area contributed by atoms with Crippen molar-refractivity contribution in [3.63, 3.8) is 0 Å². The average Bonchev–Trinajstić information content (AvgIpc) is 3.36. The third kappa shape index (κ3) is 5.04. The number of likely N-dealkylation sites (N-methyl/N-ethyl adjacent to an activating group) is 2. The van der Waals surface area contributed by atoms with Crippen LogP contribution in [0.5, 0.6) is 11.5 Å². The second-order valence-electron chi connectivity index (χ2n) is 13.5. The molecule has 0 fully saturated rings. The molecular formula is C38H38N4O6. The predicted octanol–water partition coefficient (Wildman–Crippen LogP) is 8.23. The van der Waals surface area contributed by atoms with Gasteiger partial charge in [-0.2, -0.15) is 0 Å². The number of nitrogens with zero attached hydrogens (tertiary/aromatic N) is 4. The van der Waals surface area contributed by atoms with Crippen molar-refractivity contribution >= 4 is 34.9 Å². The van der Waals surface area contributed by atoms with E-state index in [1.54, 1.807) is 18.2 Å². The van der Waals surface area contributed by atoms with Crippen LogP contribution in [0.25, 0.3) is 12.2 Å². The highest BCUT2D eigenvalue weighted by atomic mass is 16.6. The second kappa shape index (κ2) is 11.6. The first kappa shape index (κ1) is 32.3. The maximum Gasteiger partial charge on any atom is 0.270 e. The summed E-state index contributed by atoms with van der Waals surface area (Å²) >= 11 is 0. The van der Waals surface area contributed by atoms with Gasteiger partial charge in [-0.1, -0.05) is 62.4 Å². The lowest BCUT2D eigenvalue weighted by Gasteiger charge is -2.45. The zero-order valence-electron chi connectivity index (χ0n) is 27.7. The van der Waals surface area contributed by atoms with E-state index in [2.05, 4.69) is 61.8 Å². The molecule has 0 radical (unpaired) electrons. The van der Waals surface area contributed by atoms with Crippen LogP contribution >= 0.6 is 0 Å². The largest absolute Gasteiger partial charge is 0.507 e. The van der Waals surface area contributed by atoms with Gasteiger partial charge >= 0.3 is 0 Å². The SMILES string of the molecule is CN1c2ccccc2C(C)(C)C1/C=C/c1cc([N+](=O)[O-])ccc1O.CN1c2ccccc2C(C)(C)C12C=Cc1cc([N+](=O)[O-])ccc1O2. The summed E-state index contributed by atoms with van der Waals surface area (Å²) in [6.45, 7) is 8.68. The number of para-hydroxylation sites is 2. The lowest BCUT2D eigenvalue weighted by atomic mass is 9.76. The first-order chi connectivity index (χ1) is 22.7. The molecule has 2 unspecified atom stereocenters. The lowest BCUT2D eigenvalue weighted by Crippen LogP contribution is -2.58. The summed E-state index contributed by atoms with van der Waals surface area (Å²) in [6.07, 6.45) is 7.70. The third-order valence-electron chi connectivity index (χ3n) is 10.1. The summed E-state index contributed by atoms with van der Waals surface area (Å²) < 4.78 is 6.44. The molecule has 1 N–H and O–H groups in total. The Labute approximate surface area is 279 Å². The van der Waals surface area contributed by atoms with Gasteiger partial charge in [0.05, 0.1) is 21.3 Å². The van der Waals surface area contributed by atoms with Crippen molar-refractivity contribution in [3.05, 3.63) is 140 Å². The quantitative estimate of drug-likeness (QED) is 0.174. The number of hydrogen-bond donors (Lipinski definition) is 1. The van der Waals surface area contributed by atoms with Gasteiger partial charge in [0, 0.05) is 66.3 Å². The monoisotopic (exact) mass is 646 g/mol. The summed E-state index contributed by atoms with van der Waals surface area (Å²) in [5, 5.41) is 31.9. The summed E-state index contributed by atoms with van der Waals surface area (Å²) in [7, 11) is 4.06. The topological polar surface area (TPSA) is 122 Å². The molecule has 10 heteroatoms. The number of rotatable bonds is 4. The number of ether oxygens (including phenoxy) is 1. The smallest absolute Gasteiger partial charge is 0.270 e. The van der Waals surface area contributed by atoms with Crippen molar-refractivity contribution in [2.45, 2.75) is 50.3 Å². The van der Waals surface area contributed by atoms with Gasteiger partial charge in [0.25, 0.3) is 11.4 Å². The van der Waals surface area contributed by atoms with Crippen LogP contribution in [-0.2, 0) is 10.8 Å². The van der Waals surface area contributed by atoms with Crippen LogP contribution in [0.15, 0.2) is 97.1 Å². The highest BCUT2D eigenvalue weighted by molar-refractivity contribution is 5.73. The van der Waals surface area contributed by atoms with Gasteiger partial charge in [0.1, 0.15) is 11.5 Å². The van der Waals surface area contributed by atoms with E-state index >= 15 is 0 Å². The number of aromatic hydroxyl groups is 1. The molecule has 1 spiro atoms. The average molecular weight is 647 g/mol. The highest BCUT2D eigenvalue weighted by Gasteiger charge is 2.57. The predicted molar refractivity (Wildman–Crippen MR) is 189 cm³/mol. The molecule has 0 saturated carbocycles. The van der Waals surface area contributed by atoms with Crippen LogP contribution in [0.2, 0.25) is 0 Å². The van der Waals surface area contributed by atoms with Gasteiger partial charge in [0.15, 0.2) is 0 Å². The van der Waals surface area contributed by atoms with Crippen LogP contribution in [-0.4, -0.2) is 40.8 Å². The molecule has 0 aromatic heterocycles. The zero-order chi connectivity index (χ0) is 34.6. The third-order valence-corrected chi connectivity index (χ3v) is 10.1. The van der Waals surface area contributed by atoms with Crippen molar-refractivity contribution in [1.29, 1.82) is 0 Å². The van der Waals surface area contributed by atoms with Crippen molar-refractivity contribution in [2.24, 2.45) is 0 Å². The minimum atomic E-state index is -0.653. The fourth-order valence-electron chi connectivity index (χ4n) is 7.35. The van der Waals surface area contributed by atoms with E-state index < -0.39 is 10.6 Å². The van der Waals surface area contributed by atoms with E-state index in [-0.39, 0.29) is 38.9 Å². The fraction of sp³-hybridized carbons (Fsp3) is 0.263. The molecule has 3 heterocycles. The Morgan fingerprint density at radius 2 is 1.42 bits per heavy atom. The van der Waals surface area contributed by atoms with Crippen LogP contribution < -0.4 is 14.5 Å². The van der Waals surface area contributed by atoms with E-state index in [0.29, 0.717) is 11.3 Å². The molecule has 4 aromatic rings. The standard InChI is InChI=1S/C19H18N2O3.C19H20N2O3/c1-18(2)15-6-4-5-7-16(15)20(3)19(18)11-10-13-12-14(21(22)23)8-9-17(13)24-19;1-19(2)15-6-4-5-7-16(15)20(3)18(19)11-8-13-12-14(21(23)24)9-10-17(13)22/h4-12H,1-3H3;4-12,18,22H,1-3H3/b;11-8+. The number of nitro groups is 2. The Bertz CT molecular complexity index is 1980. The lowest BCUT2D eigenvalue weighted by molar-refractivity contribution is -0.385. The van der Waals surface area contributed by atoms with Gasteiger partial charge < -0.3 is 19.6 Å². The summed E-state index contributed by atoms with van der Waals surface area (Å²) in [5.74, 6) is 0.698. The minimum absolute atomic E-state index is 0.0326. The number of phenolic OH excluding ortho intramolecular Hbond substituents is 1. The number of benzene rings is 4. The number of anilines is 2. The Morgan fingerprint density at radius 1 is 0.812 bits per heavy atom. The highest BCUT2D eigenvalue weighted by Crippen LogP contribution is 2.54. The number of phenols is 1. The Hall–Kier alpha value is -5.64. The Balaban J connectivity index is 0.000000167. The van der Waals surface area contributed by atoms with E-state index in [4.69, 9.17) is 4.74 Å². The van der Waals surface area contributed by atoms with Gasteiger partial charge in [-0.05, 0) is 61.4 Å². The number of fused-ring (bicyclic) bond motifs is 3. The molecular weight excluding hydrogens is 608 g/mol. The zero-order valence-corrected chi connectivity index (χ0v) is 27.7. The maximum atomic E-state index is 11.0. The first-order valence-corrected chi connectivity index (χ1v) is 15.7. The summed E-state index contributed by atoms with van der Waals surface area (Å²) in [6, 6.07) is 25.4. The molecule has 0 bridgehead atoms. The molecule has 48 heavy (non-hydrogen) atoms. The van der Waals surface area contributed by atoms with Crippen LogP contribution in [0.1, 0.15) is 49.9 Å². The number of hydrogen-bond acceptors (Lipinski definition) is 8. The Morgan fingerprint density at radius 3 is 2.06 bits per heavy atom. The first-order valence-electron chi connectivity index (χ1n) is 15.7. The molecule has 2 atom stereocenters. The van der Waals surface area contributed by atoms with Gasteiger partial charge in [-0.25, -0.2) is 0 Å². The molecule has 246 valence electrons. The molecule has 0 saturated heterocycles. The second-order valence-corrected chi connectivity index (χ2v) is 13.5. The molecule has 0 aliphatic carbocycles. The number of non-ortho nitro benzene ring substituents is 2. The van der Waals surface area contributed by atoms with Gasteiger partial charge in [-0.3, -0.25) is 20.2 Å². The van der Waals surface area contributed by atoms with Crippen molar-refractivity contribution < 1.29 is 19.7 Å². The van der Waals surface area contributed by atoms with E-state index in [1.165, 1.54) is 41.1 Å². The minimum Gasteiger partial charge on any atom is -0.507 e. The van der Waals surface area contributed by atoms with Crippen LogP contribution in [0, 0.1) is 20.2 Å². The van der Waals surface area contributed by atoms with E-state index in [9.17, 15) is 25.3 Å². The Kier molecular flexibility index (Phi) is 7.78. The fourth-order valence-corrected chi connectivity index (χ4v) is 7.35. The summed E-state index contributed by atoms with van der Waals surface area (Å²) in [4.78, 5) is 25.4.